The summed E-state index contributed by atoms with van der Waals surface area (Å²) in [6.07, 6.45) is 4.66. The van der Waals surface area contributed by atoms with Gasteiger partial charge in [0.05, 0.1) is 20.6 Å². The van der Waals surface area contributed by atoms with Crippen molar-refractivity contribution >= 4 is 60.6 Å². The number of aryl methyl sites for hydroxylation is 2. The minimum Gasteiger partial charge on any atom is -0.340 e. The Morgan fingerprint density at radius 3 is 2.94 bits per heavy atom. The van der Waals surface area contributed by atoms with E-state index in [0.29, 0.717) is 12.6 Å². The van der Waals surface area contributed by atoms with E-state index in [1.807, 2.05) is 20.8 Å². The van der Waals surface area contributed by atoms with Crippen LogP contribution in [0.1, 0.15) is 35.7 Å². The van der Waals surface area contributed by atoms with Crippen LogP contribution in [0.4, 0.5) is 16.3 Å². The van der Waals surface area contributed by atoms with Gasteiger partial charge >= 0.3 is 6.03 Å². The fourth-order valence-electron chi connectivity index (χ4n) is 4.40. The van der Waals surface area contributed by atoms with Gasteiger partial charge in [-0.3, -0.25) is 0 Å². The molecule has 0 fully saturated rings. The number of amides is 2. The second-order valence-electron chi connectivity index (χ2n) is 8.90. The number of rotatable bonds is 7. The summed E-state index contributed by atoms with van der Waals surface area (Å²) in [4.78, 5) is 27.9. The van der Waals surface area contributed by atoms with Gasteiger partial charge in [-0.05, 0) is 63.8 Å². The van der Waals surface area contributed by atoms with Crippen molar-refractivity contribution in [2.24, 2.45) is 0 Å². The number of benzene rings is 1. The van der Waals surface area contributed by atoms with Crippen LogP contribution in [0.25, 0.3) is 20.4 Å². The Morgan fingerprint density at radius 1 is 1.21 bits per heavy atom. The maximum atomic E-state index is 11.7. The minimum atomic E-state index is -0.115. The lowest BCUT2D eigenvalue weighted by Gasteiger charge is -2.24. The highest BCUT2D eigenvalue weighted by atomic mass is 32.1. The van der Waals surface area contributed by atoms with E-state index in [0.717, 1.165) is 58.1 Å². The highest BCUT2D eigenvalue weighted by molar-refractivity contribution is 7.19. The fourth-order valence-corrected chi connectivity index (χ4v) is 6.53. The van der Waals surface area contributed by atoms with Crippen LogP contribution >= 0.6 is 22.7 Å². The van der Waals surface area contributed by atoms with Crippen molar-refractivity contribution in [2.75, 3.05) is 18.4 Å². The smallest absolute Gasteiger partial charge is 0.315 e. The van der Waals surface area contributed by atoms with Crippen LogP contribution in [0.2, 0.25) is 0 Å². The van der Waals surface area contributed by atoms with Crippen LogP contribution in [0.15, 0.2) is 24.5 Å². The number of hydrogen-bond donors (Lipinski definition) is 4. The molecule has 1 atom stereocenters. The third-order valence-electron chi connectivity index (χ3n) is 5.87. The first-order valence-electron chi connectivity index (χ1n) is 11.6. The van der Waals surface area contributed by atoms with Crippen molar-refractivity contribution in [2.45, 2.75) is 52.1 Å². The van der Waals surface area contributed by atoms with Crippen LogP contribution in [0, 0.1) is 6.92 Å². The number of anilines is 2. The Hall–Kier alpha value is -2.82. The Labute approximate surface area is 206 Å². The quantitative estimate of drug-likeness (QED) is 0.281. The lowest BCUT2D eigenvalue weighted by Crippen LogP contribution is -2.44. The first-order chi connectivity index (χ1) is 16.5. The predicted octanol–water partition coefficient (Wildman–Crippen LogP) is 4.51. The highest BCUT2D eigenvalue weighted by Crippen LogP contribution is 2.39. The van der Waals surface area contributed by atoms with E-state index >= 15 is 0 Å². The molecule has 4 aromatic rings. The standard InChI is InChI=1S/C24H29N7OS2/c1-13(2)29-24(32)26-9-8-25-15-4-6-17-19(10-15)34-23-21(17)22(27-12-28-23)31-16-5-7-18-20(11-16)33-14(3)30-18/h5,7,11-13,15,25H,4,6,8-10H2,1-3H3,(H2,26,29,32)(H,27,28,31). The molecule has 0 radical (unpaired) electrons. The first kappa shape index (κ1) is 22.9. The number of aromatic nitrogens is 3. The Balaban J connectivity index is 1.27. The summed E-state index contributed by atoms with van der Waals surface area (Å²) in [6.45, 7) is 7.30. The van der Waals surface area contributed by atoms with E-state index < -0.39 is 0 Å². The van der Waals surface area contributed by atoms with Crippen molar-refractivity contribution in [3.05, 3.63) is 40.0 Å². The van der Waals surface area contributed by atoms with Crippen LogP contribution in [-0.2, 0) is 12.8 Å². The molecule has 1 unspecified atom stereocenters. The topological polar surface area (TPSA) is 104 Å². The summed E-state index contributed by atoms with van der Waals surface area (Å²) in [5, 5.41) is 15.1. The zero-order valence-corrected chi connectivity index (χ0v) is 21.2. The third-order valence-corrected chi connectivity index (χ3v) is 7.96. The molecule has 0 aliphatic heterocycles. The summed E-state index contributed by atoms with van der Waals surface area (Å²) in [5.41, 5.74) is 3.41. The molecule has 0 saturated carbocycles. The van der Waals surface area contributed by atoms with Gasteiger partial charge in [-0.15, -0.1) is 22.7 Å². The Morgan fingerprint density at radius 2 is 2.09 bits per heavy atom. The normalized spacial score (nSPS) is 15.6. The number of carbonyl (C=O) groups is 1. The van der Waals surface area contributed by atoms with Crippen LogP contribution in [0.5, 0.6) is 0 Å². The number of fused-ring (bicyclic) bond motifs is 4. The van der Waals surface area contributed by atoms with E-state index in [4.69, 9.17) is 0 Å². The monoisotopic (exact) mass is 495 g/mol. The van der Waals surface area contributed by atoms with Gasteiger partial charge in [-0.2, -0.15) is 0 Å². The third kappa shape index (κ3) is 4.98. The number of carbonyl (C=O) groups excluding carboxylic acids is 1. The van der Waals surface area contributed by atoms with Crippen LogP contribution in [0.3, 0.4) is 0 Å². The van der Waals surface area contributed by atoms with Crippen LogP contribution in [-0.4, -0.2) is 46.2 Å². The summed E-state index contributed by atoms with van der Waals surface area (Å²) in [7, 11) is 0. The van der Waals surface area contributed by atoms with Gasteiger partial charge in [0.2, 0.25) is 0 Å². The number of thiophene rings is 1. The number of thiazole rings is 1. The molecule has 8 nitrogen and oxygen atoms in total. The van der Waals surface area contributed by atoms with Crippen LogP contribution < -0.4 is 21.3 Å². The lowest BCUT2D eigenvalue weighted by molar-refractivity contribution is 0.238. The molecule has 3 heterocycles. The maximum Gasteiger partial charge on any atom is 0.315 e. The summed E-state index contributed by atoms with van der Waals surface area (Å²) in [5.74, 6) is 0.870. The number of nitrogens with one attached hydrogen (secondary N) is 4. The second-order valence-corrected chi connectivity index (χ2v) is 11.2. The molecule has 34 heavy (non-hydrogen) atoms. The van der Waals surface area contributed by atoms with Crippen molar-refractivity contribution in [3.63, 3.8) is 0 Å². The Kier molecular flexibility index (Phi) is 6.62. The lowest BCUT2D eigenvalue weighted by atomic mass is 9.93. The molecule has 3 aromatic heterocycles. The Bertz CT molecular complexity index is 1330. The van der Waals surface area contributed by atoms with Gasteiger partial charge in [0.1, 0.15) is 17.0 Å². The first-order valence-corrected chi connectivity index (χ1v) is 13.3. The molecule has 1 aliphatic rings. The number of hydrogen-bond acceptors (Lipinski definition) is 8. The fraction of sp³-hybridized carbons (Fsp3) is 0.417. The van der Waals surface area contributed by atoms with Crippen molar-refractivity contribution in [1.82, 2.24) is 30.9 Å². The molecule has 1 aliphatic carbocycles. The van der Waals surface area contributed by atoms with Crippen molar-refractivity contribution in [3.8, 4) is 0 Å². The molecule has 10 heteroatoms. The molecule has 4 N–H and O–H groups in total. The largest absolute Gasteiger partial charge is 0.340 e. The van der Waals surface area contributed by atoms with E-state index in [9.17, 15) is 4.79 Å². The van der Waals surface area contributed by atoms with E-state index in [2.05, 4.69) is 54.4 Å². The zero-order chi connectivity index (χ0) is 23.7. The van der Waals surface area contributed by atoms with Gasteiger partial charge in [-0.1, -0.05) is 0 Å². The number of urea groups is 1. The average Bonchev–Trinajstić information content (AvgIpc) is 3.35. The molecular formula is C24H29N7OS2. The summed E-state index contributed by atoms with van der Waals surface area (Å²) in [6, 6.07) is 6.68. The maximum absolute atomic E-state index is 11.7. The minimum absolute atomic E-state index is 0.115. The SMILES string of the molecule is Cc1nc2ccc(Nc3ncnc4sc5c(c34)CCC(NCCNC(=O)NC(C)C)C5)cc2s1. The zero-order valence-electron chi connectivity index (χ0n) is 19.6. The highest BCUT2D eigenvalue weighted by Gasteiger charge is 2.25. The molecule has 1 aromatic carbocycles. The van der Waals surface area contributed by atoms with Gasteiger partial charge in [0, 0.05) is 35.7 Å². The molecule has 5 rings (SSSR count). The average molecular weight is 496 g/mol. The van der Waals surface area contributed by atoms with Gasteiger partial charge < -0.3 is 21.3 Å². The number of nitrogens with zero attached hydrogens (tertiary/aromatic N) is 3. The van der Waals surface area contributed by atoms with Crippen molar-refractivity contribution in [1.29, 1.82) is 0 Å². The molecular weight excluding hydrogens is 466 g/mol. The van der Waals surface area contributed by atoms with E-state index in [-0.39, 0.29) is 12.1 Å². The van der Waals surface area contributed by atoms with E-state index in [1.165, 1.54) is 15.1 Å². The predicted molar refractivity (Wildman–Crippen MR) is 141 cm³/mol. The molecule has 2 amide bonds. The van der Waals surface area contributed by atoms with Gasteiger partial charge in [-0.25, -0.2) is 19.7 Å². The summed E-state index contributed by atoms with van der Waals surface area (Å²) < 4.78 is 1.17. The van der Waals surface area contributed by atoms with E-state index in [1.54, 1.807) is 29.0 Å². The molecule has 0 saturated heterocycles. The molecule has 0 spiro atoms. The summed E-state index contributed by atoms with van der Waals surface area (Å²) >= 11 is 3.47. The van der Waals surface area contributed by atoms with Gasteiger partial charge in [0.15, 0.2) is 0 Å². The molecule has 178 valence electrons. The van der Waals surface area contributed by atoms with Crippen molar-refractivity contribution < 1.29 is 4.79 Å². The molecule has 0 bridgehead atoms. The second kappa shape index (κ2) is 9.81. The van der Waals surface area contributed by atoms with Gasteiger partial charge in [0.25, 0.3) is 0 Å².